The summed E-state index contributed by atoms with van der Waals surface area (Å²) in [6.45, 7) is 1.73. The summed E-state index contributed by atoms with van der Waals surface area (Å²) in [7, 11) is 0.680. The molecule has 15 heavy (non-hydrogen) atoms. The van der Waals surface area contributed by atoms with E-state index in [4.69, 9.17) is 20.5 Å². The molecule has 5 heteroatoms. The van der Waals surface area contributed by atoms with E-state index < -0.39 is 7.65 Å². The molecule has 3 nitrogen and oxygen atoms in total. The molecular formula is C10H13ClNO2P. The number of halogens is 1. The van der Waals surface area contributed by atoms with E-state index >= 15 is 0 Å². The normalized spacial score (nSPS) is 21.5. The van der Waals surface area contributed by atoms with Gasteiger partial charge >= 0.3 is 0 Å². The van der Waals surface area contributed by atoms with E-state index in [-0.39, 0.29) is 0 Å². The van der Waals surface area contributed by atoms with Crippen LogP contribution in [0.5, 0.6) is 5.75 Å². The fourth-order valence-electron chi connectivity index (χ4n) is 1.48. The molecule has 0 spiro atoms. The van der Waals surface area contributed by atoms with Crippen LogP contribution in [0.25, 0.3) is 0 Å². The van der Waals surface area contributed by atoms with Gasteiger partial charge in [-0.3, -0.25) is 0 Å². The standard InChI is InChI=1S/C10H13ClNO2P/c1-13-10-5-3-9(4-6-10)12-7-2-8-14-15(12)11/h3-6H,2,7-8H2,1H3. The van der Waals surface area contributed by atoms with E-state index in [2.05, 4.69) is 4.67 Å². The van der Waals surface area contributed by atoms with Crippen molar-refractivity contribution in [1.82, 2.24) is 0 Å². The van der Waals surface area contributed by atoms with Crippen LogP contribution < -0.4 is 9.41 Å². The van der Waals surface area contributed by atoms with Crippen molar-refractivity contribution in [3.63, 3.8) is 0 Å². The molecular weight excluding hydrogens is 233 g/mol. The minimum Gasteiger partial charge on any atom is -0.497 e. The van der Waals surface area contributed by atoms with Crippen LogP contribution in [0.4, 0.5) is 5.69 Å². The van der Waals surface area contributed by atoms with Crippen molar-refractivity contribution in [2.75, 3.05) is 24.9 Å². The van der Waals surface area contributed by atoms with Crippen molar-refractivity contribution in [2.24, 2.45) is 0 Å². The molecule has 1 unspecified atom stereocenters. The first-order chi connectivity index (χ1) is 7.31. The first-order valence-corrected chi connectivity index (χ1v) is 6.93. The van der Waals surface area contributed by atoms with Crippen LogP contribution in [-0.2, 0) is 4.52 Å². The number of ether oxygens (including phenoxy) is 1. The number of hydrogen-bond acceptors (Lipinski definition) is 3. The van der Waals surface area contributed by atoms with Crippen LogP contribution in [0.3, 0.4) is 0 Å². The molecule has 0 N–H and O–H groups in total. The van der Waals surface area contributed by atoms with Crippen LogP contribution in [0, 0.1) is 0 Å². The third kappa shape index (κ3) is 2.54. The Morgan fingerprint density at radius 3 is 2.73 bits per heavy atom. The van der Waals surface area contributed by atoms with Gasteiger partial charge in [-0.05, 0) is 41.9 Å². The van der Waals surface area contributed by atoms with Gasteiger partial charge in [0.15, 0.2) is 0 Å². The SMILES string of the molecule is COc1ccc(N2CCCOP2Cl)cc1. The third-order valence-electron chi connectivity index (χ3n) is 2.27. The molecule has 0 radical (unpaired) electrons. The predicted molar refractivity (Wildman–Crippen MR) is 63.7 cm³/mol. The second kappa shape index (κ2) is 5.02. The van der Waals surface area contributed by atoms with Crippen LogP contribution in [0.1, 0.15) is 6.42 Å². The Labute approximate surface area is 95.6 Å². The van der Waals surface area contributed by atoms with E-state index in [1.807, 2.05) is 24.3 Å². The summed E-state index contributed by atoms with van der Waals surface area (Å²) < 4.78 is 12.6. The molecule has 0 amide bonds. The molecule has 1 saturated heterocycles. The molecule has 1 aromatic carbocycles. The summed E-state index contributed by atoms with van der Waals surface area (Å²) in [5, 5.41) is 0. The van der Waals surface area contributed by atoms with E-state index in [9.17, 15) is 0 Å². The average Bonchev–Trinajstić information content (AvgIpc) is 2.30. The van der Waals surface area contributed by atoms with Crippen LogP contribution in [0.2, 0.25) is 0 Å². The van der Waals surface area contributed by atoms with E-state index in [1.165, 1.54) is 0 Å². The van der Waals surface area contributed by atoms with Gasteiger partial charge < -0.3 is 13.9 Å². The Morgan fingerprint density at radius 1 is 1.40 bits per heavy atom. The number of hydrogen-bond donors (Lipinski definition) is 0. The Morgan fingerprint density at radius 2 is 2.13 bits per heavy atom. The summed E-state index contributed by atoms with van der Waals surface area (Å²) in [4.78, 5) is 0. The molecule has 1 heterocycles. The predicted octanol–water partition coefficient (Wildman–Crippen LogP) is 3.39. The van der Waals surface area contributed by atoms with Crippen molar-refractivity contribution in [3.8, 4) is 5.75 Å². The zero-order valence-electron chi connectivity index (χ0n) is 8.52. The average molecular weight is 246 g/mol. The maximum atomic E-state index is 6.13. The lowest BCUT2D eigenvalue weighted by Crippen LogP contribution is -2.23. The smallest absolute Gasteiger partial charge is 0.236 e. The van der Waals surface area contributed by atoms with Crippen LogP contribution >= 0.6 is 18.9 Å². The fourth-order valence-corrected chi connectivity index (χ4v) is 3.21. The zero-order chi connectivity index (χ0) is 10.7. The Hall–Kier alpha value is -0.500. The first-order valence-electron chi connectivity index (χ1n) is 4.81. The van der Waals surface area contributed by atoms with Gasteiger partial charge in [-0.15, -0.1) is 0 Å². The molecule has 0 saturated carbocycles. The molecule has 2 rings (SSSR count). The van der Waals surface area contributed by atoms with Gasteiger partial charge in [0.25, 0.3) is 0 Å². The maximum Gasteiger partial charge on any atom is 0.236 e. The maximum absolute atomic E-state index is 6.13. The zero-order valence-corrected chi connectivity index (χ0v) is 10.2. The highest BCUT2D eigenvalue weighted by atomic mass is 35.7. The number of methoxy groups -OCH3 is 1. The minimum absolute atomic E-state index is 0.766. The number of nitrogens with zero attached hydrogens (tertiary/aromatic N) is 1. The lowest BCUT2D eigenvalue weighted by molar-refractivity contribution is 0.335. The molecule has 1 aliphatic rings. The highest BCUT2D eigenvalue weighted by Crippen LogP contribution is 2.51. The number of rotatable bonds is 2. The van der Waals surface area contributed by atoms with Gasteiger partial charge in [-0.1, -0.05) is 0 Å². The highest BCUT2D eigenvalue weighted by molar-refractivity contribution is 7.81. The topological polar surface area (TPSA) is 21.7 Å². The van der Waals surface area contributed by atoms with Crippen LogP contribution in [-0.4, -0.2) is 20.3 Å². The first kappa shape index (κ1) is 11.0. The van der Waals surface area contributed by atoms with Crippen LogP contribution in [0.15, 0.2) is 24.3 Å². The van der Waals surface area contributed by atoms with Crippen molar-refractivity contribution < 1.29 is 9.26 Å². The fraction of sp³-hybridized carbons (Fsp3) is 0.400. The molecule has 0 aliphatic carbocycles. The van der Waals surface area contributed by atoms with Crippen molar-refractivity contribution >= 4 is 24.6 Å². The monoisotopic (exact) mass is 245 g/mol. The second-order valence-electron chi connectivity index (χ2n) is 3.23. The summed E-state index contributed by atoms with van der Waals surface area (Å²) in [6.07, 6.45) is 1.03. The van der Waals surface area contributed by atoms with E-state index in [1.54, 1.807) is 7.11 Å². The highest BCUT2D eigenvalue weighted by Gasteiger charge is 2.21. The largest absolute Gasteiger partial charge is 0.497 e. The van der Waals surface area contributed by atoms with E-state index in [0.29, 0.717) is 0 Å². The summed E-state index contributed by atoms with van der Waals surface area (Å²) in [6, 6.07) is 7.88. The van der Waals surface area contributed by atoms with Gasteiger partial charge in [0, 0.05) is 12.2 Å². The summed E-state index contributed by atoms with van der Waals surface area (Å²) in [5.74, 6) is 0.857. The Kier molecular flexibility index (Phi) is 3.68. The van der Waals surface area contributed by atoms with Gasteiger partial charge in [0.1, 0.15) is 5.75 Å². The van der Waals surface area contributed by atoms with Gasteiger partial charge in [0.05, 0.1) is 13.7 Å². The second-order valence-corrected chi connectivity index (χ2v) is 5.30. The van der Waals surface area contributed by atoms with Crippen molar-refractivity contribution in [3.05, 3.63) is 24.3 Å². The van der Waals surface area contributed by atoms with E-state index in [0.717, 1.165) is 31.0 Å². The van der Waals surface area contributed by atoms with Gasteiger partial charge in [0.2, 0.25) is 7.65 Å². The minimum atomic E-state index is -0.981. The molecule has 1 aromatic rings. The molecule has 1 aliphatic heterocycles. The van der Waals surface area contributed by atoms with Gasteiger partial charge in [-0.2, -0.15) is 0 Å². The number of anilines is 1. The lowest BCUT2D eigenvalue weighted by Gasteiger charge is -2.32. The van der Waals surface area contributed by atoms with Crippen molar-refractivity contribution in [2.45, 2.75) is 6.42 Å². The van der Waals surface area contributed by atoms with Gasteiger partial charge in [-0.25, -0.2) is 0 Å². The molecule has 1 fully saturated rings. The Bertz CT molecular complexity index is 320. The molecule has 1 atom stereocenters. The third-order valence-corrected chi connectivity index (χ3v) is 4.32. The summed E-state index contributed by atoms with van der Waals surface area (Å²) in [5.41, 5.74) is 1.09. The lowest BCUT2D eigenvalue weighted by atomic mass is 10.3. The molecule has 0 bridgehead atoms. The number of benzene rings is 1. The molecule has 82 valence electrons. The molecule has 0 aromatic heterocycles. The van der Waals surface area contributed by atoms with Crippen molar-refractivity contribution in [1.29, 1.82) is 0 Å². The summed E-state index contributed by atoms with van der Waals surface area (Å²) >= 11 is 6.13. The Balaban J connectivity index is 2.13. The quantitative estimate of drug-likeness (QED) is 0.746.